The largest absolute Gasteiger partial charge is 0.400 e. The third-order valence-electron chi connectivity index (χ3n) is 1.84. The maximum absolute atomic E-state index is 9.50. The minimum Gasteiger partial charge on any atom is -0.400 e. The Kier molecular flexibility index (Phi) is 14.4. The monoisotopic (exact) mass is 268 g/mol. The standard InChI is InChI=1S/C10H12Cl2.CH3F.CH4O/c1-2-3-5-8-9(11)6-4-7-10(8)12;2*1-2/h4,6-7H,2-3,5H2,1H3;1H3;2H,1H3. The molecule has 0 spiro atoms. The SMILES string of the molecule is CCCCc1c(Cl)cccc1Cl.CF.CO. The fraction of sp³-hybridized carbons (Fsp3) is 0.500. The van der Waals surface area contributed by atoms with Gasteiger partial charge in [-0.1, -0.05) is 42.6 Å². The molecule has 0 aliphatic carbocycles. The zero-order valence-corrected chi connectivity index (χ0v) is 11.4. The van der Waals surface area contributed by atoms with Crippen LogP contribution in [0, 0.1) is 0 Å². The van der Waals surface area contributed by atoms with Crippen LogP contribution in [0.1, 0.15) is 25.3 Å². The van der Waals surface area contributed by atoms with E-state index < -0.39 is 0 Å². The van der Waals surface area contributed by atoms with Crippen LogP contribution >= 0.6 is 23.2 Å². The van der Waals surface area contributed by atoms with E-state index in [9.17, 15) is 4.39 Å². The van der Waals surface area contributed by atoms with Gasteiger partial charge in [-0.2, -0.15) is 0 Å². The van der Waals surface area contributed by atoms with Gasteiger partial charge in [0.05, 0.1) is 7.18 Å². The van der Waals surface area contributed by atoms with Crippen LogP contribution < -0.4 is 0 Å². The van der Waals surface area contributed by atoms with Crippen molar-refractivity contribution in [2.24, 2.45) is 0 Å². The van der Waals surface area contributed by atoms with E-state index in [1.165, 1.54) is 6.42 Å². The van der Waals surface area contributed by atoms with Crippen LogP contribution in [0.2, 0.25) is 10.0 Å². The van der Waals surface area contributed by atoms with E-state index in [1.807, 2.05) is 18.2 Å². The van der Waals surface area contributed by atoms with Crippen molar-refractivity contribution in [3.05, 3.63) is 33.8 Å². The summed E-state index contributed by atoms with van der Waals surface area (Å²) in [5, 5.41) is 8.58. The van der Waals surface area contributed by atoms with Gasteiger partial charge >= 0.3 is 0 Å². The summed E-state index contributed by atoms with van der Waals surface area (Å²) in [4.78, 5) is 0. The van der Waals surface area contributed by atoms with Crippen molar-refractivity contribution in [1.29, 1.82) is 0 Å². The molecule has 1 rings (SSSR count). The lowest BCUT2D eigenvalue weighted by molar-refractivity contribution is 0.399. The smallest absolute Gasteiger partial charge is 0.0785 e. The second kappa shape index (κ2) is 12.8. The van der Waals surface area contributed by atoms with Gasteiger partial charge in [-0.15, -0.1) is 0 Å². The second-order valence-corrected chi connectivity index (χ2v) is 3.62. The number of hydrogen-bond donors (Lipinski definition) is 1. The predicted octanol–water partition coefficient (Wildman–Crippen LogP) is 4.53. The first-order chi connectivity index (χ1) is 7.75. The Hall–Kier alpha value is -0.310. The maximum Gasteiger partial charge on any atom is 0.0785 e. The third-order valence-corrected chi connectivity index (χ3v) is 2.55. The maximum atomic E-state index is 9.50. The van der Waals surface area contributed by atoms with Crippen LogP contribution in [0.4, 0.5) is 4.39 Å². The molecule has 0 heterocycles. The molecule has 0 bridgehead atoms. The molecule has 1 nitrogen and oxygen atoms in total. The first kappa shape index (κ1) is 18.1. The fourth-order valence-electron chi connectivity index (χ4n) is 1.12. The predicted molar refractivity (Wildman–Crippen MR) is 70.2 cm³/mol. The van der Waals surface area contributed by atoms with Crippen LogP contribution in [0.5, 0.6) is 0 Å². The van der Waals surface area contributed by atoms with Crippen molar-refractivity contribution in [1.82, 2.24) is 0 Å². The number of alkyl halides is 1. The average molecular weight is 269 g/mol. The lowest BCUT2D eigenvalue weighted by atomic mass is 10.1. The van der Waals surface area contributed by atoms with Gasteiger partial charge in [-0.25, -0.2) is 0 Å². The molecule has 0 amide bonds. The number of halogens is 3. The summed E-state index contributed by atoms with van der Waals surface area (Å²) in [6, 6.07) is 5.65. The van der Waals surface area contributed by atoms with E-state index in [0.29, 0.717) is 7.18 Å². The van der Waals surface area contributed by atoms with Crippen LogP contribution in [0.3, 0.4) is 0 Å². The molecule has 0 aliphatic heterocycles. The van der Waals surface area contributed by atoms with Crippen LogP contribution in [-0.4, -0.2) is 19.4 Å². The molecule has 1 N–H and O–H groups in total. The minimum atomic E-state index is 0.500. The minimum absolute atomic E-state index is 0.500. The van der Waals surface area contributed by atoms with Gasteiger partial charge in [0.25, 0.3) is 0 Å². The van der Waals surface area contributed by atoms with E-state index in [2.05, 4.69) is 6.92 Å². The van der Waals surface area contributed by atoms with Crippen molar-refractivity contribution in [2.45, 2.75) is 26.2 Å². The fourth-order valence-corrected chi connectivity index (χ4v) is 1.71. The second-order valence-electron chi connectivity index (χ2n) is 2.80. The Balaban J connectivity index is 0. The van der Waals surface area contributed by atoms with Crippen molar-refractivity contribution >= 4 is 23.2 Å². The quantitative estimate of drug-likeness (QED) is 0.854. The van der Waals surface area contributed by atoms with Crippen molar-refractivity contribution in [3.63, 3.8) is 0 Å². The molecule has 94 valence electrons. The number of benzene rings is 1. The molecule has 0 radical (unpaired) electrons. The summed E-state index contributed by atoms with van der Waals surface area (Å²) in [6.45, 7) is 2.16. The van der Waals surface area contributed by atoms with E-state index in [1.54, 1.807) is 0 Å². The molecule has 1 aromatic rings. The number of rotatable bonds is 3. The zero-order chi connectivity index (χ0) is 13.0. The highest BCUT2D eigenvalue weighted by Gasteiger charge is 2.03. The molecule has 0 fully saturated rings. The molecule has 0 atom stereocenters. The Morgan fingerprint density at radius 3 is 1.94 bits per heavy atom. The number of unbranched alkanes of at least 4 members (excludes halogenated alkanes) is 1. The number of aliphatic hydroxyl groups excluding tert-OH is 1. The van der Waals surface area contributed by atoms with Crippen LogP contribution in [-0.2, 0) is 6.42 Å². The molecule has 0 saturated carbocycles. The van der Waals surface area contributed by atoms with E-state index >= 15 is 0 Å². The summed E-state index contributed by atoms with van der Waals surface area (Å²) < 4.78 is 9.50. The average Bonchev–Trinajstić information content (AvgIpc) is 2.34. The first-order valence-electron chi connectivity index (χ1n) is 5.01. The summed E-state index contributed by atoms with van der Waals surface area (Å²) in [6.07, 6.45) is 3.29. The van der Waals surface area contributed by atoms with Crippen molar-refractivity contribution in [2.75, 3.05) is 14.3 Å². The van der Waals surface area contributed by atoms with Gasteiger partial charge < -0.3 is 5.11 Å². The molecule has 0 saturated heterocycles. The molecule has 0 aromatic heterocycles. The highest BCUT2D eigenvalue weighted by Crippen LogP contribution is 2.25. The van der Waals surface area contributed by atoms with Gasteiger partial charge in [0, 0.05) is 17.2 Å². The highest BCUT2D eigenvalue weighted by molar-refractivity contribution is 6.35. The highest BCUT2D eigenvalue weighted by atomic mass is 35.5. The number of hydrogen-bond acceptors (Lipinski definition) is 1. The topological polar surface area (TPSA) is 20.2 Å². The molecular weight excluding hydrogens is 250 g/mol. The van der Waals surface area contributed by atoms with E-state index in [4.69, 9.17) is 28.3 Å². The van der Waals surface area contributed by atoms with Crippen molar-refractivity contribution in [3.8, 4) is 0 Å². The summed E-state index contributed by atoms with van der Waals surface area (Å²) >= 11 is 12.0. The normalized spacial score (nSPS) is 8.44. The van der Waals surface area contributed by atoms with Crippen molar-refractivity contribution < 1.29 is 9.50 Å². The Morgan fingerprint density at radius 2 is 1.56 bits per heavy atom. The summed E-state index contributed by atoms with van der Waals surface area (Å²) in [5.74, 6) is 0. The summed E-state index contributed by atoms with van der Waals surface area (Å²) in [7, 11) is 1.50. The number of aliphatic hydroxyl groups is 1. The van der Waals surface area contributed by atoms with Crippen LogP contribution in [0.25, 0.3) is 0 Å². The van der Waals surface area contributed by atoms with Gasteiger partial charge in [-0.05, 0) is 30.5 Å². The zero-order valence-electron chi connectivity index (χ0n) is 9.93. The first-order valence-corrected chi connectivity index (χ1v) is 5.76. The van der Waals surface area contributed by atoms with Gasteiger partial charge in [0.1, 0.15) is 0 Å². The molecule has 4 heteroatoms. The molecule has 16 heavy (non-hydrogen) atoms. The lowest BCUT2D eigenvalue weighted by Crippen LogP contribution is -1.87. The van der Waals surface area contributed by atoms with E-state index in [0.717, 1.165) is 35.6 Å². The summed E-state index contributed by atoms with van der Waals surface area (Å²) in [5.41, 5.74) is 1.09. The van der Waals surface area contributed by atoms with Gasteiger partial charge in [0.15, 0.2) is 0 Å². The molecular formula is C12H19Cl2FO. The van der Waals surface area contributed by atoms with Crippen LogP contribution in [0.15, 0.2) is 18.2 Å². The Labute approximate surface area is 107 Å². The Morgan fingerprint density at radius 1 is 1.12 bits per heavy atom. The van der Waals surface area contributed by atoms with Gasteiger partial charge in [0.2, 0.25) is 0 Å². The lowest BCUT2D eigenvalue weighted by Gasteiger charge is -2.04. The molecule has 0 aliphatic rings. The van der Waals surface area contributed by atoms with Gasteiger partial charge in [-0.3, -0.25) is 4.39 Å². The van der Waals surface area contributed by atoms with E-state index in [-0.39, 0.29) is 0 Å². The molecule has 0 unspecified atom stereocenters. The Bertz CT molecular complexity index is 247. The molecule has 1 aromatic carbocycles. The third kappa shape index (κ3) is 7.04.